The Morgan fingerprint density at radius 2 is 1.87 bits per heavy atom. The lowest BCUT2D eigenvalue weighted by Gasteiger charge is -2.33. The monoisotopic (exact) mass is 538 g/mol. The van der Waals surface area contributed by atoms with Gasteiger partial charge in [-0.2, -0.15) is 0 Å². The molecule has 0 radical (unpaired) electrons. The molecule has 12 heteroatoms. The van der Waals surface area contributed by atoms with E-state index in [9.17, 15) is 13.4 Å². The molecule has 38 heavy (non-hydrogen) atoms. The van der Waals surface area contributed by atoms with E-state index in [2.05, 4.69) is 20.6 Å². The van der Waals surface area contributed by atoms with Crippen molar-refractivity contribution in [3.05, 3.63) is 71.9 Å². The number of amides is 1. The van der Waals surface area contributed by atoms with Crippen LogP contribution in [0, 0.1) is 12.7 Å². The summed E-state index contributed by atoms with van der Waals surface area (Å²) in [5, 5.41) is 11.6. The molecule has 200 valence electrons. The number of nitrogens with two attached hydrogens (primary N) is 1. The van der Waals surface area contributed by atoms with Gasteiger partial charge in [-0.15, -0.1) is 0 Å². The second-order valence-electron chi connectivity index (χ2n) is 8.71. The van der Waals surface area contributed by atoms with E-state index >= 15 is 0 Å². The average molecular weight is 539 g/mol. The molecule has 0 bridgehead atoms. The quantitative estimate of drug-likeness (QED) is 0.345. The highest BCUT2D eigenvalue weighted by atomic mass is 32.2. The maximum absolute atomic E-state index is 14.3. The molecule has 2 aromatic heterocycles. The zero-order valence-electron chi connectivity index (χ0n) is 20.4. The van der Waals surface area contributed by atoms with E-state index < -0.39 is 11.2 Å². The van der Waals surface area contributed by atoms with E-state index in [1.165, 1.54) is 6.07 Å². The van der Waals surface area contributed by atoms with Crippen molar-refractivity contribution in [2.24, 2.45) is 5.14 Å². The first-order chi connectivity index (χ1) is 17.9. The molecule has 10 nitrogen and oxygen atoms in total. The van der Waals surface area contributed by atoms with Crippen LogP contribution in [0.4, 0.5) is 21.6 Å². The Morgan fingerprint density at radius 3 is 2.53 bits per heavy atom. The van der Waals surface area contributed by atoms with Gasteiger partial charge in [0.1, 0.15) is 5.82 Å². The van der Waals surface area contributed by atoms with Crippen LogP contribution < -0.4 is 15.8 Å². The number of hydrogen-bond acceptors (Lipinski definition) is 6. The topological polar surface area (TPSA) is 121 Å². The Morgan fingerprint density at radius 1 is 1.11 bits per heavy atom. The maximum atomic E-state index is 14.3. The van der Waals surface area contributed by atoms with E-state index in [0.717, 1.165) is 16.9 Å². The van der Waals surface area contributed by atoms with Crippen LogP contribution in [-0.2, 0) is 11.2 Å². The van der Waals surface area contributed by atoms with Crippen molar-refractivity contribution < 1.29 is 13.4 Å². The summed E-state index contributed by atoms with van der Waals surface area (Å²) in [5.41, 5.74) is 4.62. The number of aryl methyl sites for hydroxylation is 1. The number of aromatic nitrogens is 3. The summed E-state index contributed by atoms with van der Waals surface area (Å²) < 4.78 is 29.3. The number of rotatable bonds is 6. The van der Waals surface area contributed by atoms with E-state index in [1.54, 1.807) is 47.0 Å². The lowest BCUT2D eigenvalue weighted by atomic mass is 10.1. The Hall–Kier alpha value is -3.87. The van der Waals surface area contributed by atoms with Crippen LogP contribution in [0.1, 0.15) is 23.3 Å². The second-order valence-corrected chi connectivity index (χ2v) is 9.78. The number of imidazole rings is 1. The van der Waals surface area contributed by atoms with Crippen molar-refractivity contribution >= 4 is 39.9 Å². The Bertz CT molecular complexity index is 1500. The Balaban J connectivity index is 0.00000336. The highest BCUT2D eigenvalue weighted by molar-refractivity contribution is 7.80. The molecule has 3 heterocycles. The summed E-state index contributed by atoms with van der Waals surface area (Å²) in [6.45, 7) is 3.77. The molecule has 2 aromatic carbocycles. The number of hydrogen-bond donors (Lipinski definition) is 3. The van der Waals surface area contributed by atoms with Gasteiger partial charge in [-0.3, -0.25) is 9.20 Å². The zero-order valence-corrected chi connectivity index (χ0v) is 21.3. The standard InChI is InChI=1S/C25H27FN8O2S.CH4/c1-16-13-18(4-5-19(16)25(35)32-9-11-33(12-10-32)37(27)36)31-23-24-30-15-22(34(24)8-7-29-23)17-3-6-21(28-2)20(26)14-17;/h3-8,13-15,28H,9-12,27H2,1-2H3,(H,29,31);1H4. The van der Waals surface area contributed by atoms with Crippen LogP contribution in [0.15, 0.2) is 55.0 Å². The molecule has 1 aliphatic heterocycles. The number of fused-ring (bicyclic) bond motifs is 1. The molecule has 0 saturated carbocycles. The summed E-state index contributed by atoms with van der Waals surface area (Å²) in [4.78, 5) is 23.8. The van der Waals surface area contributed by atoms with Crippen LogP contribution in [-0.4, -0.2) is 66.9 Å². The molecule has 0 aliphatic carbocycles. The van der Waals surface area contributed by atoms with Gasteiger partial charge in [0.05, 0.1) is 17.6 Å². The van der Waals surface area contributed by atoms with Gasteiger partial charge in [-0.05, 0) is 42.8 Å². The second kappa shape index (κ2) is 11.3. The number of nitrogens with one attached hydrogen (secondary N) is 2. The van der Waals surface area contributed by atoms with Gasteiger partial charge in [0.15, 0.2) is 22.6 Å². The van der Waals surface area contributed by atoms with Crippen LogP contribution >= 0.6 is 0 Å². The molecule has 4 aromatic rings. The molecule has 1 atom stereocenters. The molecule has 4 N–H and O–H groups in total. The van der Waals surface area contributed by atoms with Gasteiger partial charge >= 0.3 is 0 Å². The van der Waals surface area contributed by atoms with Crippen molar-refractivity contribution in [3.8, 4) is 11.3 Å². The van der Waals surface area contributed by atoms with E-state index in [0.29, 0.717) is 54.5 Å². The zero-order chi connectivity index (χ0) is 26.1. The Labute approximate surface area is 223 Å². The number of benzene rings is 2. The molecule has 5 rings (SSSR count). The largest absolute Gasteiger partial charge is 0.386 e. The van der Waals surface area contributed by atoms with Crippen LogP contribution in [0.2, 0.25) is 0 Å². The summed E-state index contributed by atoms with van der Waals surface area (Å²) in [5.74, 6) is 0.121. The fourth-order valence-electron chi connectivity index (χ4n) is 4.46. The molecule has 1 fully saturated rings. The maximum Gasteiger partial charge on any atom is 0.254 e. The minimum absolute atomic E-state index is 0. The molecular weight excluding hydrogens is 507 g/mol. The number of carbonyl (C=O) groups is 1. The minimum Gasteiger partial charge on any atom is -0.386 e. The molecule has 1 unspecified atom stereocenters. The van der Waals surface area contributed by atoms with Crippen LogP contribution in [0.3, 0.4) is 0 Å². The summed E-state index contributed by atoms with van der Waals surface area (Å²) in [7, 11) is 1.67. The van der Waals surface area contributed by atoms with Gasteiger partial charge in [-0.1, -0.05) is 13.5 Å². The van der Waals surface area contributed by atoms with Gasteiger partial charge in [-0.25, -0.2) is 28.0 Å². The number of halogens is 1. The molecule has 1 aliphatic rings. The van der Waals surface area contributed by atoms with Crippen molar-refractivity contribution in [1.82, 2.24) is 23.6 Å². The minimum atomic E-state index is -1.52. The third kappa shape index (κ3) is 5.23. The normalized spacial score (nSPS) is 14.7. The molecule has 0 spiro atoms. The lowest BCUT2D eigenvalue weighted by molar-refractivity contribution is 0.0700. The predicted octanol–water partition coefficient (Wildman–Crippen LogP) is 3.56. The van der Waals surface area contributed by atoms with Gasteiger partial charge in [0.2, 0.25) is 0 Å². The van der Waals surface area contributed by atoms with Crippen LogP contribution in [0.25, 0.3) is 16.9 Å². The van der Waals surface area contributed by atoms with Crippen molar-refractivity contribution in [2.45, 2.75) is 14.4 Å². The predicted molar refractivity (Wildman–Crippen MR) is 149 cm³/mol. The summed E-state index contributed by atoms with van der Waals surface area (Å²) in [6.07, 6.45) is 5.11. The van der Waals surface area contributed by atoms with Crippen LogP contribution in [0.5, 0.6) is 0 Å². The van der Waals surface area contributed by atoms with E-state index in [1.807, 2.05) is 29.5 Å². The van der Waals surface area contributed by atoms with E-state index in [4.69, 9.17) is 5.14 Å². The average Bonchev–Trinajstić information content (AvgIpc) is 3.34. The molecule has 1 saturated heterocycles. The highest BCUT2D eigenvalue weighted by Gasteiger charge is 2.25. The third-order valence-electron chi connectivity index (χ3n) is 6.46. The fraction of sp³-hybridized carbons (Fsp3) is 0.269. The van der Waals surface area contributed by atoms with Gasteiger partial charge < -0.3 is 15.5 Å². The number of piperazine rings is 1. The molecular formula is C26H31FN8O2S. The molecule has 1 amide bonds. The van der Waals surface area contributed by atoms with Crippen molar-refractivity contribution in [3.63, 3.8) is 0 Å². The number of carbonyl (C=O) groups excluding carboxylic acids is 1. The lowest BCUT2D eigenvalue weighted by Crippen LogP contribution is -2.50. The third-order valence-corrected chi connectivity index (χ3v) is 7.34. The first-order valence-corrected chi connectivity index (χ1v) is 12.9. The Kier molecular flexibility index (Phi) is 8.05. The van der Waals surface area contributed by atoms with Crippen molar-refractivity contribution in [2.75, 3.05) is 43.9 Å². The smallest absolute Gasteiger partial charge is 0.254 e. The van der Waals surface area contributed by atoms with Gasteiger partial charge in [0, 0.05) is 62.4 Å². The summed E-state index contributed by atoms with van der Waals surface area (Å²) >= 11 is -1.52. The fourth-order valence-corrected chi connectivity index (χ4v) is 4.98. The first-order valence-electron chi connectivity index (χ1n) is 11.7. The number of nitrogens with zero attached hydrogens (tertiary/aromatic N) is 5. The number of anilines is 3. The first kappa shape index (κ1) is 27.2. The SMILES string of the molecule is C.CNc1ccc(-c2cnc3c(Nc4ccc(C(=O)N5CCN(S(N)=O)CC5)c(C)c4)nccn23)cc1F. The van der Waals surface area contributed by atoms with E-state index in [-0.39, 0.29) is 19.2 Å². The summed E-state index contributed by atoms with van der Waals surface area (Å²) in [6, 6.07) is 10.5. The van der Waals surface area contributed by atoms with Gasteiger partial charge in [0.25, 0.3) is 5.91 Å². The highest BCUT2D eigenvalue weighted by Crippen LogP contribution is 2.28. The van der Waals surface area contributed by atoms with Crippen molar-refractivity contribution in [1.29, 1.82) is 0 Å².